The van der Waals surface area contributed by atoms with Gasteiger partial charge in [-0.3, -0.25) is 9.59 Å². The standard InChI is InChI=1S/C22H17N3O3/c1-28-20-11-9-19(10-12-20)24-21(26)16-5-7-18(8-6-16)25-22(27)17-4-2-3-15(13-17)14-23/h2-13H,1H3,(H,24,26)(H,25,27). The van der Waals surface area contributed by atoms with Crippen LogP contribution in [0.1, 0.15) is 26.3 Å². The van der Waals surface area contributed by atoms with Gasteiger partial charge in [-0.05, 0) is 66.7 Å². The summed E-state index contributed by atoms with van der Waals surface area (Å²) in [6, 6.07) is 22.0. The van der Waals surface area contributed by atoms with Crippen molar-refractivity contribution in [2.45, 2.75) is 0 Å². The van der Waals surface area contributed by atoms with Crippen LogP contribution in [-0.2, 0) is 0 Å². The van der Waals surface area contributed by atoms with Crippen molar-refractivity contribution in [1.82, 2.24) is 0 Å². The van der Waals surface area contributed by atoms with Crippen LogP contribution in [0, 0.1) is 11.3 Å². The lowest BCUT2D eigenvalue weighted by molar-refractivity contribution is 0.102. The number of nitrogens with one attached hydrogen (secondary N) is 2. The molecule has 0 unspecified atom stereocenters. The highest BCUT2D eigenvalue weighted by molar-refractivity contribution is 6.06. The average molecular weight is 371 g/mol. The van der Waals surface area contributed by atoms with Crippen LogP contribution in [0.5, 0.6) is 5.75 Å². The van der Waals surface area contributed by atoms with Crippen molar-refractivity contribution in [3.63, 3.8) is 0 Å². The van der Waals surface area contributed by atoms with Crippen molar-refractivity contribution in [3.05, 3.63) is 89.5 Å². The molecule has 28 heavy (non-hydrogen) atoms. The largest absolute Gasteiger partial charge is 0.497 e. The Hall–Kier alpha value is -4.11. The van der Waals surface area contributed by atoms with Crippen LogP contribution in [0.4, 0.5) is 11.4 Å². The van der Waals surface area contributed by atoms with Crippen LogP contribution in [0.3, 0.4) is 0 Å². The molecule has 0 bridgehead atoms. The molecule has 0 spiro atoms. The summed E-state index contributed by atoms with van der Waals surface area (Å²) in [6.07, 6.45) is 0. The summed E-state index contributed by atoms with van der Waals surface area (Å²) >= 11 is 0. The smallest absolute Gasteiger partial charge is 0.255 e. The van der Waals surface area contributed by atoms with Gasteiger partial charge in [-0.2, -0.15) is 5.26 Å². The zero-order valence-electron chi connectivity index (χ0n) is 15.1. The number of ether oxygens (including phenoxy) is 1. The predicted molar refractivity (Wildman–Crippen MR) is 106 cm³/mol. The van der Waals surface area contributed by atoms with E-state index in [1.807, 2.05) is 6.07 Å². The van der Waals surface area contributed by atoms with Gasteiger partial charge >= 0.3 is 0 Å². The van der Waals surface area contributed by atoms with E-state index in [-0.39, 0.29) is 11.8 Å². The van der Waals surface area contributed by atoms with Crippen LogP contribution >= 0.6 is 0 Å². The molecule has 6 heteroatoms. The number of hydrogen-bond donors (Lipinski definition) is 2. The third-order valence-electron chi connectivity index (χ3n) is 4.01. The van der Waals surface area contributed by atoms with Gasteiger partial charge in [0.2, 0.25) is 0 Å². The van der Waals surface area contributed by atoms with E-state index in [1.54, 1.807) is 73.8 Å². The van der Waals surface area contributed by atoms with E-state index in [2.05, 4.69) is 10.6 Å². The highest BCUT2D eigenvalue weighted by Gasteiger charge is 2.09. The van der Waals surface area contributed by atoms with Gasteiger partial charge in [-0.1, -0.05) is 6.07 Å². The lowest BCUT2D eigenvalue weighted by Gasteiger charge is -2.08. The Morgan fingerprint density at radius 1 is 0.821 bits per heavy atom. The Kier molecular flexibility index (Phi) is 5.68. The van der Waals surface area contributed by atoms with E-state index in [9.17, 15) is 9.59 Å². The summed E-state index contributed by atoms with van der Waals surface area (Å²) in [7, 11) is 1.58. The summed E-state index contributed by atoms with van der Waals surface area (Å²) in [5.41, 5.74) is 2.47. The summed E-state index contributed by atoms with van der Waals surface area (Å²) in [5, 5.41) is 14.5. The molecule has 3 aromatic rings. The maximum atomic E-state index is 12.3. The first kappa shape index (κ1) is 18.7. The molecule has 3 aromatic carbocycles. The molecular weight excluding hydrogens is 354 g/mol. The highest BCUT2D eigenvalue weighted by Crippen LogP contribution is 2.17. The molecule has 138 valence electrons. The fourth-order valence-corrected chi connectivity index (χ4v) is 2.52. The number of benzene rings is 3. The predicted octanol–water partition coefficient (Wildman–Crippen LogP) is 4.07. The van der Waals surface area contributed by atoms with E-state index in [0.29, 0.717) is 33.8 Å². The highest BCUT2D eigenvalue weighted by atomic mass is 16.5. The van der Waals surface area contributed by atoms with Gasteiger partial charge in [0.05, 0.1) is 18.7 Å². The molecule has 0 fully saturated rings. The Bertz CT molecular complexity index is 1040. The van der Waals surface area contributed by atoms with E-state index < -0.39 is 0 Å². The Balaban J connectivity index is 1.64. The molecule has 3 rings (SSSR count). The van der Waals surface area contributed by atoms with Gasteiger partial charge in [0.15, 0.2) is 0 Å². The van der Waals surface area contributed by atoms with Gasteiger partial charge in [0.1, 0.15) is 5.75 Å². The minimum absolute atomic E-state index is 0.259. The molecule has 2 amide bonds. The fraction of sp³-hybridized carbons (Fsp3) is 0.0455. The molecule has 0 aliphatic rings. The molecule has 0 aromatic heterocycles. The van der Waals surface area contributed by atoms with E-state index >= 15 is 0 Å². The monoisotopic (exact) mass is 371 g/mol. The minimum Gasteiger partial charge on any atom is -0.497 e. The lowest BCUT2D eigenvalue weighted by atomic mass is 10.1. The number of rotatable bonds is 5. The van der Waals surface area contributed by atoms with Crippen molar-refractivity contribution >= 4 is 23.2 Å². The van der Waals surface area contributed by atoms with Crippen molar-refractivity contribution in [2.24, 2.45) is 0 Å². The number of amides is 2. The zero-order valence-corrected chi connectivity index (χ0v) is 15.1. The second-order valence-corrected chi connectivity index (χ2v) is 5.91. The quantitative estimate of drug-likeness (QED) is 0.707. The molecule has 0 atom stereocenters. The molecule has 2 N–H and O–H groups in total. The molecule has 0 saturated heterocycles. The fourth-order valence-electron chi connectivity index (χ4n) is 2.52. The molecular formula is C22H17N3O3. The SMILES string of the molecule is COc1ccc(NC(=O)c2ccc(NC(=O)c3cccc(C#N)c3)cc2)cc1. The Morgan fingerprint density at radius 2 is 1.39 bits per heavy atom. The first-order chi connectivity index (χ1) is 13.6. The third-order valence-corrected chi connectivity index (χ3v) is 4.01. The number of nitrogens with zero attached hydrogens (tertiary/aromatic N) is 1. The number of nitriles is 1. The number of carbonyl (C=O) groups excluding carboxylic acids is 2. The maximum absolute atomic E-state index is 12.3. The topological polar surface area (TPSA) is 91.2 Å². The first-order valence-electron chi connectivity index (χ1n) is 8.46. The Morgan fingerprint density at radius 3 is 1.96 bits per heavy atom. The summed E-state index contributed by atoms with van der Waals surface area (Å²) in [6.45, 7) is 0. The minimum atomic E-state index is -0.326. The summed E-state index contributed by atoms with van der Waals surface area (Å²) in [5.74, 6) is 0.121. The van der Waals surface area contributed by atoms with Gasteiger partial charge in [-0.25, -0.2) is 0 Å². The lowest BCUT2D eigenvalue weighted by Crippen LogP contribution is -2.13. The maximum Gasteiger partial charge on any atom is 0.255 e. The van der Waals surface area contributed by atoms with Gasteiger partial charge in [-0.15, -0.1) is 0 Å². The molecule has 0 radical (unpaired) electrons. The third kappa shape index (κ3) is 4.54. The molecule has 0 aliphatic heterocycles. The molecule has 0 heterocycles. The van der Waals surface area contributed by atoms with Crippen molar-refractivity contribution in [3.8, 4) is 11.8 Å². The number of methoxy groups -OCH3 is 1. The molecule has 0 saturated carbocycles. The van der Waals surface area contributed by atoms with Crippen LogP contribution in [0.2, 0.25) is 0 Å². The number of anilines is 2. The van der Waals surface area contributed by atoms with Gasteiger partial charge < -0.3 is 15.4 Å². The van der Waals surface area contributed by atoms with Crippen LogP contribution in [0.15, 0.2) is 72.8 Å². The molecule has 0 aliphatic carbocycles. The van der Waals surface area contributed by atoms with Crippen LogP contribution in [0.25, 0.3) is 0 Å². The second kappa shape index (κ2) is 8.52. The normalized spacial score (nSPS) is 9.86. The van der Waals surface area contributed by atoms with Gasteiger partial charge in [0.25, 0.3) is 11.8 Å². The van der Waals surface area contributed by atoms with Crippen molar-refractivity contribution in [1.29, 1.82) is 5.26 Å². The first-order valence-corrected chi connectivity index (χ1v) is 8.46. The second-order valence-electron chi connectivity index (χ2n) is 5.91. The number of carbonyl (C=O) groups is 2. The van der Waals surface area contributed by atoms with Gasteiger partial charge in [0, 0.05) is 22.5 Å². The van der Waals surface area contributed by atoms with Crippen LogP contribution in [-0.4, -0.2) is 18.9 Å². The van der Waals surface area contributed by atoms with Crippen molar-refractivity contribution in [2.75, 3.05) is 17.7 Å². The van der Waals surface area contributed by atoms with E-state index in [0.717, 1.165) is 0 Å². The summed E-state index contributed by atoms with van der Waals surface area (Å²) in [4.78, 5) is 24.6. The van der Waals surface area contributed by atoms with Crippen LogP contribution < -0.4 is 15.4 Å². The van der Waals surface area contributed by atoms with E-state index in [1.165, 1.54) is 6.07 Å². The van der Waals surface area contributed by atoms with E-state index in [4.69, 9.17) is 10.00 Å². The average Bonchev–Trinajstić information content (AvgIpc) is 2.74. The zero-order chi connectivity index (χ0) is 19.9. The number of hydrogen-bond acceptors (Lipinski definition) is 4. The Labute approximate surface area is 162 Å². The van der Waals surface area contributed by atoms with Crippen molar-refractivity contribution < 1.29 is 14.3 Å². The molecule has 6 nitrogen and oxygen atoms in total. The summed E-state index contributed by atoms with van der Waals surface area (Å²) < 4.78 is 5.09.